The summed E-state index contributed by atoms with van der Waals surface area (Å²) in [4.78, 5) is 10.4. The molecule has 0 heterocycles. The highest BCUT2D eigenvalue weighted by atomic mass is 32.2. The van der Waals surface area contributed by atoms with Gasteiger partial charge in [-0.15, -0.1) is 11.8 Å². The number of carbonyl (C=O) groups is 1. The number of carboxylic acids is 1. The summed E-state index contributed by atoms with van der Waals surface area (Å²) in [6.07, 6.45) is 19.3. The number of unbranched alkanes of at least 4 members (excludes halogenated alkanes) is 13. The van der Waals surface area contributed by atoms with Crippen LogP contribution in [0.4, 0.5) is 0 Å². The maximum absolute atomic E-state index is 10.4. The van der Waals surface area contributed by atoms with Gasteiger partial charge in [-0.3, -0.25) is 4.79 Å². The van der Waals surface area contributed by atoms with Crippen molar-refractivity contribution in [3.05, 3.63) is 0 Å². The van der Waals surface area contributed by atoms with E-state index in [-0.39, 0.29) is 11.9 Å². The number of hydrogen-bond acceptors (Lipinski definition) is 3. The van der Waals surface area contributed by atoms with Crippen LogP contribution in [0.3, 0.4) is 0 Å². The van der Waals surface area contributed by atoms with Crippen LogP contribution in [-0.4, -0.2) is 33.8 Å². The molecule has 1 atom stereocenters. The molecule has 0 aromatic carbocycles. The Morgan fingerprint density at radius 1 is 0.792 bits per heavy atom. The molecule has 0 radical (unpaired) electrons. The molecule has 24 heavy (non-hydrogen) atoms. The van der Waals surface area contributed by atoms with Crippen molar-refractivity contribution in [3.8, 4) is 0 Å². The van der Waals surface area contributed by atoms with Gasteiger partial charge in [0.15, 0.2) is 0 Å². The average molecular weight is 361 g/mol. The van der Waals surface area contributed by atoms with Crippen LogP contribution in [-0.2, 0) is 4.79 Å². The van der Waals surface area contributed by atoms with Crippen molar-refractivity contribution in [2.75, 3.05) is 11.5 Å². The highest BCUT2D eigenvalue weighted by Crippen LogP contribution is 2.14. The van der Waals surface area contributed by atoms with Gasteiger partial charge in [0.2, 0.25) is 0 Å². The molecule has 1 unspecified atom stereocenters. The zero-order valence-corrected chi connectivity index (χ0v) is 16.6. The van der Waals surface area contributed by atoms with Gasteiger partial charge in [-0.1, -0.05) is 96.8 Å². The lowest BCUT2D eigenvalue weighted by atomic mass is 10.0. The Balaban J connectivity index is 3.10. The number of hydrogen-bond donors (Lipinski definition) is 2. The molecule has 4 heteroatoms. The normalized spacial score (nSPS) is 12.4. The molecule has 0 aliphatic rings. The van der Waals surface area contributed by atoms with Crippen molar-refractivity contribution in [2.24, 2.45) is 0 Å². The van der Waals surface area contributed by atoms with Gasteiger partial charge in [0, 0.05) is 5.75 Å². The summed E-state index contributed by atoms with van der Waals surface area (Å²) in [5, 5.41) is 18.3. The average Bonchev–Trinajstić information content (AvgIpc) is 2.55. The van der Waals surface area contributed by atoms with Gasteiger partial charge in [-0.25, -0.2) is 0 Å². The number of aliphatic hydroxyl groups excluding tert-OH is 1. The van der Waals surface area contributed by atoms with E-state index in [1.165, 1.54) is 95.2 Å². The predicted molar refractivity (Wildman–Crippen MR) is 106 cm³/mol. The Morgan fingerprint density at radius 2 is 1.21 bits per heavy atom. The van der Waals surface area contributed by atoms with E-state index in [1.807, 2.05) is 0 Å². The summed E-state index contributed by atoms with van der Waals surface area (Å²) >= 11 is 1.31. The van der Waals surface area contributed by atoms with Crippen LogP contribution in [0.15, 0.2) is 0 Å². The lowest BCUT2D eigenvalue weighted by Crippen LogP contribution is -2.11. The lowest BCUT2D eigenvalue weighted by molar-refractivity contribution is -0.133. The van der Waals surface area contributed by atoms with Gasteiger partial charge >= 0.3 is 5.97 Å². The van der Waals surface area contributed by atoms with Gasteiger partial charge in [0.1, 0.15) is 0 Å². The quantitative estimate of drug-likeness (QED) is 0.276. The van der Waals surface area contributed by atoms with Crippen molar-refractivity contribution in [1.29, 1.82) is 0 Å². The number of aliphatic hydroxyl groups is 1. The minimum atomic E-state index is -0.802. The standard InChI is InChI=1S/C20H40O3S/c1-2-3-4-5-6-7-8-9-10-11-12-13-14-15-16-19(21)17-24-18-20(22)23/h19,21H,2-18H2,1H3,(H,22,23). The zero-order valence-electron chi connectivity index (χ0n) is 15.8. The topological polar surface area (TPSA) is 57.5 Å². The first-order chi connectivity index (χ1) is 11.7. The summed E-state index contributed by atoms with van der Waals surface area (Å²) in [5.74, 6) is -0.163. The second-order valence-electron chi connectivity index (χ2n) is 6.95. The fraction of sp³-hybridized carbons (Fsp3) is 0.950. The number of carboxylic acid groups (broad SMARTS) is 1. The molecular weight excluding hydrogens is 320 g/mol. The summed E-state index contributed by atoms with van der Waals surface area (Å²) in [6.45, 7) is 2.27. The molecule has 0 aliphatic heterocycles. The Bertz CT molecular complexity index is 272. The first kappa shape index (κ1) is 23.8. The molecule has 0 aromatic heterocycles. The van der Waals surface area contributed by atoms with E-state index in [4.69, 9.17) is 5.11 Å². The van der Waals surface area contributed by atoms with Crippen LogP contribution in [0.25, 0.3) is 0 Å². The van der Waals surface area contributed by atoms with Crippen molar-refractivity contribution < 1.29 is 15.0 Å². The Hall–Kier alpha value is -0.220. The molecule has 0 saturated heterocycles. The van der Waals surface area contributed by atoms with Gasteiger partial charge in [0.05, 0.1) is 11.9 Å². The maximum Gasteiger partial charge on any atom is 0.313 e. The van der Waals surface area contributed by atoms with E-state index in [0.29, 0.717) is 5.75 Å². The molecule has 0 bridgehead atoms. The molecule has 3 nitrogen and oxygen atoms in total. The molecule has 0 aromatic rings. The molecule has 2 N–H and O–H groups in total. The van der Waals surface area contributed by atoms with E-state index in [0.717, 1.165) is 12.8 Å². The molecule has 0 aliphatic carbocycles. The summed E-state index contributed by atoms with van der Waals surface area (Å²) in [6, 6.07) is 0. The Kier molecular flexibility index (Phi) is 18.9. The van der Waals surface area contributed by atoms with Crippen LogP contribution < -0.4 is 0 Å². The van der Waals surface area contributed by atoms with Crippen molar-refractivity contribution >= 4 is 17.7 Å². The maximum atomic E-state index is 10.4. The minimum absolute atomic E-state index is 0.0931. The van der Waals surface area contributed by atoms with E-state index in [2.05, 4.69) is 6.92 Å². The summed E-state index contributed by atoms with van der Waals surface area (Å²) in [7, 11) is 0. The van der Waals surface area contributed by atoms with E-state index in [1.54, 1.807) is 0 Å². The van der Waals surface area contributed by atoms with E-state index < -0.39 is 5.97 Å². The zero-order chi connectivity index (χ0) is 17.9. The van der Waals surface area contributed by atoms with Gasteiger partial charge < -0.3 is 10.2 Å². The van der Waals surface area contributed by atoms with Gasteiger partial charge in [-0.2, -0.15) is 0 Å². The Labute approximate surface area is 154 Å². The first-order valence-electron chi connectivity index (χ1n) is 10.1. The molecule has 0 amide bonds. The summed E-state index contributed by atoms with van der Waals surface area (Å²) in [5.41, 5.74) is 0. The smallest absolute Gasteiger partial charge is 0.313 e. The summed E-state index contributed by atoms with van der Waals surface area (Å²) < 4.78 is 0. The van der Waals surface area contributed by atoms with Crippen LogP contribution in [0, 0.1) is 0 Å². The second kappa shape index (κ2) is 19.1. The second-order valence-corrected chi connectivity index (χ2v) is 7.98. The van der Waals surface area contributed by atoms with Crippen LogP contribution in [0.1, 0.15) is 103 Å². The van der Waals surface area contributed by atoms with Crippen LogP contribution >= 0.6 is 11.8 Å². The SMILES string of the molecule is CCCCCCCCCCCCCCCCC(O)CSCC(=O)O. The van der Waals surface area contributed by atoms with Gasteiger partial charge in [-0.05, 0) is 6.42 Å². The minimum Gasteiger partial charge on any atom is -0.481 e. The van der Waals surface area contributed by atoms with Crippen LogP contribution in [0.2, 0.25) is 0 Å². The van der Waals surface area contributed by atoms with Crippen molar-refractivity contribution in [1.82, 2.24) is 0 Å². The number of thioether (sulfide) groups is 1. The molecule has 0 spiro atoms. The molecule has 0 rings (SSSR count). The number of rotatable bonds is 19. The predicted octanol–water partition coefficient (Wildman–Crippen LogP) is 6.04. The first-order valence-corrected chi connectivity index (χ1v) is 11.3. The van der Waals surface area contributed by atoms with Gasteiger partial charge in [0.25, 0.3) is 0 Å². The third-order valence-corrected chi connectivity index (χ3v) is 5.50. The fourth-order valence-electron chi connectivity index (χ4n) is 2.94. The molecule has 0 fully saturated rings. The number of aliphatic carboxylic acids is 1. The van der Waals surface area contributed by atoms with Crippen molar-refractivity contribution in [3.63, 3.8) is 0 Å². The third kappa shape index (κ3) is 19.8. The van der Waals surface area contributed by atoms with E-state index >= 15 is 0 Å². The van der Waals surface area contributed by atoms with Crippen molar-refractivity contribution in [2.45, 2.75) is 109 Å². The highest BCUT2D eigenvalue weighted by Gasteiger charge is 2.05. The largest absolute Gasteiger partial charge is 0.481 e. The molecular formula is C20H40O3S. The molecule has 144 valence electrons. The van der Waals surface area contributed by atoms with Crippen LogP contribution in [0.5, 0.6) is 0 Å². The molecule has 0 saturated carbocycles. The monoisotopic (exact) mass is 360 g/mol. The Morgan fingerprint density at radius 3 is 1.62 bits per heavy atom. The van der Waals surface area contributed by atoms with E-state index in [9.17, 15) is 9.90 Å². The fourth-order valence-corrected chi connectivity index (χ4v) is 3.67. The lowest BCUT2D eigenvalue weighted by Gasteiger charge is -2.09. The third-order valence-electron chi connectivity index (χ3n) is 4.43. The highest BCUT2D eigenvalue weighted by molar-refractivity contribution is 7.99.